The van der Waals surface area contributed by atoms with Gasteiger partial charge in [-0.3, -0.25) is 0 Å². The number of ether oxygens (including phenoxy) is 1. The van der Waals surface area contributed by atoms with Crippen molar-refractivity contribution in [2.75, 3.05) is 7.11 Å². The second-order valence-electron chi connectivity index (χ2n) is 2.87. The topological polar surface area (TPSA) is 9.23 Å². The van der Waals surface area contributed by atoms with E-state index in [1.807, 2.05) is 6.07 Å². The number of thiophene rings is 1. The Hall–Kier alpha value is -0.250. The molecule has 0 radical (unpaired) electrons. The Labute approximate surface area is 99.8 Å². The minimum absolute atomic E-state index is 0.556. The Morgan fingerprint density at radius 1 is 1.43 bits per heavy atom. The summed E-state index contributed by atoms with van der Waals surface area (Å²) in [7, 11) is 1.68. The van der Waals surface area contributed by atoms with E-state index in [-0.39, 0.29) is 0 Å². The summed E-state index contributed by atoms with van der Waals surface area (Å²) < 4.78 is 7.49. The number of halogens is 2. The Kier molecular flexibility index (Phi) is 3.00. The highest BCUT2D eigenvalue weighted by molar-refractivity contribution is 9.10. The summed E-state index contributed by atoms with van der Waals surface area (Å²) in [6.07, 6.45) is 0. The molecular formula is C10H8BrClOS. The first kappa shape index (κ1) is 10.3. The van der Waals surface area contributed by atoms with Gasteiger partial charge in [0.15, 0.2) is 0 Å². The highest BCUT2D eigenvalue weighted by Gasteiger charge is 2.07. The van der Waals surface area contributed by atoms with Crippen LogP contribution in [0.25, 0.3) is 10.1 Å². The fourth-order valence-corrected chi connectivity index (χ4v) is 3.03. The predicted molar refractivity (Wildman–Crippen MR) is 65.6 cm³/mol. The summed E-state index contributed by atoms with van der Waals surface area (Å²) in [6, 6.07) is 6.14. The largest absolute Gasteiger partial charge is 0.495 e. The molecule has 0 unspecified atom stereocenters. The summed E-state index contributed by atoms with van der Waals surface area (Å²) in [5, 5.41) is 1.18. The number of alkyl halides is 1. The first-order valence-corrected chi connectivity index (χ1v) is 6.21. The quantitative estimate of drug-likeness (QED) is 0.745. The van der Waals surface area contributed by atoms with Gasteiger partial charge in [0.2, 0.25) is 0 Å². The Morgan fingerprint density at radius 3 is 2.86 bits per heavy atom. The Morgan fingerprint density at radius 2 is 2.21 bits per heavy atom. The Balaban J connectivity index is 2.71. The minimum atomic E-state index is 0.556. The van der Waals surface area contributed by atoms with Gasteiger partial charge >= 0.3 is 0 Å². The van der Waals surface area contributed by atoms with E-state index >= 15 is 0 Å². The van der Waals surface area contributed by atoms with E-state index in [0.717, 1.165) is 19.8 Å². The summed E-state index contributed by atoms with van der Waals surface area (Å²) >= 11 is 10.9. The van der Waals surface area contributed by atoms with E-state index in [0.29, 0.717) is 5.88 Å². The lowest BCUT2D eigenvalue weighted by atomic mass is 10.2. The molecule has 2 rings (SSSR count). The molecule has 0 bridgehead atoms. The maximum atomic E-state index is 5.79. The van der Waals surface area contributed by atoms with Gasteiger partial charge in [0.1, 0.15) is 5.75 Å². The van der Waals surface area contributed by atoms with Crippen LogP contribution < -0.4 is 4.74 Å². The van der Waals surface area contributed by atoms with Crippen LogP contribution in [0.2, 0.25) is 0 Å². The van der Waals surface area contributed by atoms with Gasteiger partial charge in [-0.1, -0.05) is 15.9 Å². The van der Waals surface area contributed by atoms with Gasteiger partial charge in [0.05, 0.1) is 17.7 Å². The smallest absolute Gasteiger partial charge is 0.137 e. The summed E-state index contributed by atoms with van der Waals surface area (Å²) in [5.74, 6) is 1.45. The van der Waals surface area contributed by atoms with E-state index in [1.165, 1.54) is 5.39 Å². The van der Waals surface area contributed by atoms with Crippen molar-refractivity contribution < 1.29 is 4.74 Å². The van der Waals surface area contributed by atoms with E-state index in [9.17, 15) is 0 Å². The zero-order chi connectivity index (χ0) is 10.1. The van der Waals surface area contributed by atoms with Gasteiger partial charge in [0.25, 0.3) is 0 Å². The number of benzene rings is 1. The summed E-state index contributed by atoms with van der Waals surface area (Å²) in [5.41, 5.74) is 0. The third-order valence-corrected chi connectivity index (χ3v) is 4.02. The van der Waals surface area contributed by atoms with Crippen molar-refractivity contribution in [2.24, 2.45) is 0 Å². The number of fused-ring (bicyclic) bond motifs is 1. The molecule has 0 amide bonds. The molecule has 0 saturated carbocycles. The van der Waals surface area contributed by atoms with E-state index < -0.39 is 0 Å². The van der Waals surface area contributed by atoms with Crippen molar-refractivity contribution in [3.8, 4) is 5.75 Å². The lowest BCUT2D eigenvalue weighted by Gasteiger charge is -2.01. The molecule has 1 nitrogen and oxygen atoms in total. The second-order valence-corrected chi connectivity index (χ2v) is 5.19. The third-order valence-electron chi connectivity index (χ3n) is 1.95. The maximum Gasteiger partial charge on any atom is 0.137 e. The maximum absolute atomic E-state index is 5.79. The van der Waals surface area contributed by atoms with Crippen LogP contribution in [0.15, 0.2) is 22.7 Å². The van der Waals surface area contributed by atoms with Crippen LogP contribution in [0, 0.1) is 0 Å². The van der Waals surface area contributed by atoms with Gasteiger partial charge < -0.3 is 4.74 Å². The minimum Gasteiger partial charge on any atom is -0.495 e. The molecule has 0 saturated heterocycles. The number of hydrogen-bond donors (Lipinski definition) is 0. The fraction of sp³-hybridized carbons (Fsp3) is 0.200. The van der Waals surface area contributed by atoms with Crippen molar-refractivity contribution in [1.82, 2.24) is 0 Å². The van der Waals surface area contributed by atoms with Crippen LogP contribution in [0.3, 0.4) is 0 Å². The molecule has 0 aliphatic carbocycles. The van der Waals surface area contributed by atoms with E-state index in [2.05, 4.69) is 28.1 Å². The van der Waals surface area contributed by atoms with E-state index in [4.69, 9.17) is 16.3 Å². The van der Waals surface area contributed by atoms with Gasteiger partial charge in [0, 0.05) is 9.35 Å². The van der Waals surface area contributed by atoms with Gasteiger partial charge in [-0.05, 0) is 23.6 Å². The monoisotopic (exact) mass is 290 g/mol. The van der Waals surface area contributed by atoms with Crippen molar-refractivity contribution in [2.45, 2.75) is 5.88 Å². The number of hydrogen-bond acceptors (Lipinski definition) is 2. The number of methoxy groups -OCH3 is 1. The lowest BCUT2D eigenvalue weighted by molar-refractivity contribution is 0.420. The zero-order valence-electron chi connectivity index (χ0n) is 7.51. The molecule has 0 fully saturated rings. The van der Waals surface area contributed by atoms with Gasteiger partial charge in [-0.2, -0.15) is 0 Å². The highest BCUT2D eigenvalue weighted by Crippen LogP contribution is 2.36. The standard InChI is InChI=1S/C10H8BrClOS/c1-13-9-4-7(11)2-6-3-8(5-12)14-10(6)9/h2-4H,5H2,1H3. The average Bonchev–Trinajstić information content (AvgIpc) is 2.59. The first-order chi connectivity index (χ1) is 6.74. The molecule has 1 aromatic carbocycles. The molecular weight excluding hydrogens is 284 g/mol. The van der Waals surface area contributed by atoms with Crippen LogP contribution in [0.1, 0.15) is 4.88 Å². The Bertz CT molecular complexity index is 466. The first-order valence-electron chi connectivity index (χ1n) is 4.06. The molecule has 14 heavy (non-hydrogen) atoms. The fourth-order valence-electron chi connectivity index (χ4n) is 1.36. The lowest BCUT2D eigenvalue weighted by Crippen LogP contribution is -1.81. The molecule has 0 spiro atoms. The van der Waals surface area contributed by atoms with Crippen LogP contribution in [-0.4, -0.2) is 7.11 Å². The molecule has 0 aliphatic rings. The molecule has 2 aromatic rings. The van der Waals surface area contributed by atoms with Crippen LogP contribution in [-0.2, 0) is 5.88 Å². The molecule has 1 aromatic heterocycles. The molecule has 74 valence electrons. The van der Waals surface area contributed by atoms with Crippen LogP contribution in [0.5, 0.6) is 5.75 Å². The SMILES string of the molecule is COc1cc(Br)cc2cc(CCl)sc12. The van der Waals surface area contributed by atoms with Crippen molar-refractivity contribution in [3.63, 3.8) is 0 Å². The molecule has 0 atom stereocenters. The summed E-state index contributed by atoms with van der Waals surface area (Å²) in [4.78, 5) is 1.16. The van der Waals surface area contributed by atoms with Gasteiger partial charge in [-0.25, -0.2) is 0 Å². The number of rotatable bonds is 2. The van der Waals surface area contributed by atoms with Crippen LogP contribution >= 0.6 is 38.9 Å². The molecule has 1 heterocycles. The van der Waals surface area contributed by atoms with Crippen molar-refractivity contribution >= 4 is 49.0 Å². The van der Waals surface area contributed by atoms with E-state index in [1.54, 1.807) is 18.4 Å². The summed E-state index contributed by atoms with van der Waals surface area (Å²) in [6.45, 7) is 0. The second kappa shape index (κ2) is 4.09. The van der Waals surface area contributed by atoms with Crippen LogP contribution in [0.4, 0.5) is 0 Å². The molecule has 0 N–H and O–H groups in total. The zero-order valence-corrected chi connectivity index (χ0v) is 10.7. The molecule has 0 aliphatic heterocycles. The predicted octanol–water partition coefficient (Wildman–Crippen LogP) is 4.41. The highest BCUT2D eigenvalue weighted by atomic mass is 79.9. The van der Waals surface area contributed by atoms with Crippen molar-refractivity contribution in [3.05, 3.63) is 27.5 Å². The molecule has 4 heteroatoms. The average molecular weight is 292 g/mol. The van der Waals surface area contributed by atoms with Gasteiger partial charge in [-0.15, -0.1) is 22.9 Å². The van der Waals surface area contributed by atoms with Crippen molar-refractivity contribution in [1.29, 1.82) is 0 Å². The third kappa shape index (κ3) is 1.76. The normalized spacial score (nSPS) is 10.8.